The summed E-state index contributed by atoms with van der Waals surface area (Å²) in [6.07, 6.45) is 0. The van der Waals surface area contributed by atoms with Crippen molar-refractivity contribution in [2.45, 2.75) is 13.0 Å². The second kappa shape index (κ2) is 5.09. The van der Waals surface area contributed by atoms with Crippen molar-refractivity contribution in [3.05, 3.63) is 50.6 Å². The van der Waals surface area contributed by atoms with Crippen molar-refractivity contribution in [2.24, 2.45) is 0 Å². The Bertz CT molecular complexity index is 468. The highest BCUT2D eigenvalue weighted by molar-refractivity contribution is 7.10. The maximum Gasteiger partial charge on any atom is 0.0612 e. The molecule has 1 N–H and O–H groups in total. The smallest absolute Gasteiger partial charge is 0.0612 e. The zero-order valence-electron chi connectivity index (χ0n) is 8.71. The summed E-state index contributed by atoms with van der Waals surface area (Å²) in [6.45, 7) is 2.12. The summed E-state index contributed by atoms with van der Waals surface area (Å²) in [5.41, 5.74) is 0.982. The molecule has 1 heterocycles. The lowest BCUT2D eigenvalue weighted by Gasteiger charge is -2.14. The largest absolute Gasteiger partial charge is 0.378 e. The van der Waals surface area contributed by atoms with Gasteiger partial charge in [0.05, 0.1) is 16.1 Å². The fourth-order valence-corrected chi connectivity index (χ4v) is 2.48. The fourth-order valence-electron chi connectivity index (χ4n) is 1.44. The molecule has 0 aliphatic heterocycles. The van der Waals surface area contributed by atoms with Crippen LogP contribution in [0.4, 0.5) is 5.69 Å². The van der Waals surface area contributed by atoms with Gasteiger partial charge >= 0.3 is 0 Å². The first-order valence-electron chi connectivity index (χ1n) is 4.92. The zero-order chi connectivity index (χ0) is 11.5. The number of hydrogen-bond acceptors (Lipinski definition) is 2. The molecule has 1 atom stereocenters. The van der Waals surface area contributed by atoms with Crippen LogP contribution < -0.4 is 5.32 Å². The maximum atomic E-state index is 5.95. The number of benzene rings is 1. The summed E-state index contributed by atoms with van der Waals surface area (Å²) >= 11 is 13.5. The van der Waals surface area contributed by atoms with Crippen molar-refractivity contribution in [1.82, 2.24) is 0 Å². The molecule has 0 aliphatic carbocycles. The van der Waals surface area contributed by atoms with Crippen molar-refractivity contribution in [3.63, 3.8) is 0 Å². The summed E-state index contributed by atoms with van der Waals surface area (Å²) in [5, 5.41) is 6.61. The van der Waals surface area contributed by atoms with E-state index in [2.05, 4.69) is 23.7 Å². The van der Waals surface area contributed by atoms with E-state index < -0.39 is 0 Å². The number of hydrogen-bond donors (Lipinski definition) is 1. The van der Waals surface area contributed by atoms with Crippen molar-refractivity contribution >= 4 is 40.2 Å². The first kappa shape index (κ1) is 11.8. The van der Waals surface area contributed by atoms with E-state index in [9.17, 15) is 0 Å². The average molecular weight is 272 g/mol. The molecule has 1 aromatic heterocycles. The van der Waals surface area contributed by atoms with Gasteiger partial charge in [-0.25, -0.2) is 0 Å². The lowest BCUT2D eigenvalue weighted by Crippen LogP contribution is -2.04. The molecule has 0 fully saturated rings. The number of nitrogens with one attached hydrogen (secondary N) is 1. The van der Waals surface area contributed by atoms with Crippen molar-refractivity contribution < 1.29 is 0 Å². The normalized spacial score (nSPS) is 12.4. The van der Waals surface area contributed by atoms with Crippen molar-refractivity contribution in [3.8, 4) is 0 Å². The van der Waals surface area contributed by atoms with E-state index in [4.69, 9.17) is 23.2 Å². The van der Waals surface area contributed by atoms with Gasteiger partial charge in [0.15, 0.2) is 0 Å². The Kier molecular flexibility index (Phi) is 3.74. The molecule has 2 rings (SSSR count). The molecule has 84 valence electrons. The van der Waals surface area contributed by atoms with Crippen molar-refractivity contribution in [2.75, 3.05) is 5.32 Å². The summed E-state index contributed by atoms with van der Waals surface area (Å²) in [7, 11) is 0. The highest BCUT2D eigenvalue weighted by Gasteiger charge is 2.06. The summed E-state index contributed by atoms with van der Waals surface area (Å²) in [5.74, 6) is 0. The van der Waals surface area contributed by atoms with Crippen LogP contribution in [-0.2, 0) is 0 Å². The first-order chi connectivity index (χ1) is 7.66. The number of rotatable bonds is 3. The minimum absolute atomic E-state index is 0.275. The van der Waals surface area contributed by atoms with Crippen LogP contribution >= 0.6 is 34.5 Å². The Morgan fingerprint density at radius 3 is 2.62 bits per heavy atom. The molecule has 0 bridgehead atoms. The Balaban J connectivity index is 2.12. The van der Waals surface area contributed by atoms with Gasteiger partial charge in [0.2, 0.25) is 0 Å². The van der Waals surface area contributed by atoms with Gasteiger partial charge in [0.1, 0.15) is 0 Å². The van der Waals surface area contributed by atoms with Crippen LogP contribution in [0, 0.1) is 0 Å². The predicted octanol–water partition coefficient (Wildman–Crippen LogP) is 5.23. The van der Waals surface area contributed by atoms with E-state index in [-0.39, 0.29) is 6.04 Å². The standard InChI is InChI=1S/C12H11Cl2NS/c1-8(12-3-2-6-16-12)15-9-4-5-10(13)11(14)7-9/h2-8,15H,1H3. The van der Waals surface area contributed by atoms with Crippen molar-refractivity contribution in [1.29, 1.82) is 0 Å². The van der Waals surface area contributed by atoms with Gasteiger partial charge in [0.25, 0.3) is 0 Å². The summed E-state index contributed by atoms with van der Waals surface area (Å²) < 4.78 is 0. The molecule has 0 spiro atoms. The van der Waals surface area contributed by atoms with Gasteiger partial charge in [0, 0.05) is 10.6 Å². The summed E-state index contributed by atoms with van der Waals surface area (Å²) in [6, 6.07) is 10.0. The fraction of sp³-hybridized carbons (Fsp3) is 0.167. The van der Waals surface area contributed by atoms with E-state index in [1.165, 1.54) is 4.88 Å². The topological polar surface area (TPSA) is 12.0 Å². The monoisotopic (exact) mass is 271 g/mol. The predicted molar refractivity (Wildman–Crippen MR) is 72.8 cm³/mol. The van der Waals surface area contributed by atoms with Gasteiger partial charge in [-0.2, -0.15) is 0 Å². The van der Waals surface area contributed by atoms with Crippen LogP contribution in [0.15, 0.2) is 35.7 Å². The quantitative estimate of drug-likeness (QED) is 0.806. The molecule has 2 aromatic rings. The molecule has 0 amide bonds. The van der Waals surface area contributed by atoms with Gasteiger partial charge < -0.3 is 5.32 Å². The number of anilines is 1. The van der Waals surface area contributed by atoms with Gasteiger partial charge in [-0.05, 0) is 36.6 Å². The van der Waals surface area contributed by atoms with Gasteiger partial charge in [-0.1, -0.05) is 29.3 Å². The Labute approximate surface area is 109 Å². The lowest BCUT2D eigenvalue weighted by molar-refractivity contribution is 0.908. The van der Waals surface area contributed by atoms with E-state index in [0.29, 0.717) is 10.0 Å². The van der Waals surface area contributed by atoms with E-state index in [1.54, 1.807) is 17.4 Å². The molecule has 0 saturated heterocycles. The van der Waals surface area contributed by atoms with E-state index in [1.807, 2.05) is 18.2 Å². The van der Waals surface area contributed by atoms with Crippen LogP contribution in [-0.4, -0.2) is 0 Å². The SMILES string of the molecule is CC(Nc1ccc(Cl)c(Cl)c1)c1cccs1. The van der Waals surface area contributed by atoms with Gasteiger partial charge in [-0.3, -0.25) is 0 Å². The highest BCUT2D eigenvalue weighted by Crippen LogP contribution is 2.28. The molecule has 0 saturated carbocycles. The van der Waals surface area contributed by atoms with Crippen LogP contribution in [0.1, 0.15) is 17.8 Å². The molecule has 0 radical (unpaired) electrons. The highest BCUT2D eigenvalue weighted by atomic mass is 35.5. The molecule has 16 heavy (non-hydrogen) atoms. The Hall–Kier alpha value is -0.700. The first-order valence-corrected chi connectivity index (χ1v) is 6.55. The minimum atomic E-state index is 0.275. The third-order valence-corrected chi connectivity index (χ3v) is 4.07. The van der Waals surface area contributed by atoms with Crippen LogP contribution in [0.25, 0.3) is 0 Å². The molecule has 1 aromatic carbocycles. The van der Waals surface area contributed by atoms with Crippen LogP contribution in [0.2, 0.25) is 10.0 Å². The lowest BCUT2D eigenvalue weighted by atomic mass is 10.2. The minimum Gasteiger partial charge on any atom is -0.378 e. The van der Waals surface area contributed by atoms with Crippen LogP contribution in [0.3, 0.4) is 0 Å². The zero-order valence-corrected chi connectivity index (χ0v) is 11.0. The van der Waals surface area contributed by atoms with Gasteiger partial charge in [-0.15, -0.1) is 11.3 Å². The maximum absolute atomic E-state index is 5.95. The Morgan fingerprint density at radius 2 is 2.00 bits per heavy atom. The third kappa shape index (κ3) is 2.70. The average Bonchev–Trinajstić information content (AvgIpc) is 2.77. The van der Waals surface area contributed by atoms with E-state index >= 15 is 0 Å². The molecular weight excluding hydrogens is 261 g/mol. The molecule has 0 aliphatic rings. The Morgan fingerprint density at radius 1 is 1.19 bits per heavy atom. The van der Waals surface area contributed by atoms with Crippen LogP contribution in [0.5, 0.6) is 0 Å². The second-order valence-electron chi connectivity index (χ2n) is 3.51. The summed E-state index contributed by atoms with van der Waals surface area (Å²) in [4.78, 5) is 1.30. The second-order valence-corrected chi connectivity index (χ2v) is 5.30. The number of halogens is 2. The molecule has 1 unspecified atom stereocenters. The molecule has 1 nitrogen and oxygen atoms in total. The number of thiophene rings is 1. The van der Waals surface area contributed by atoms with E-state index in [0.717, 1.165) is 5.69 Å². The third-order valence-electron chi connectivity index (χ3n) is 2.27. The molecule has 4 heteroatoms. The molecular formula is C12H11Cl2NS.